The molecule has 2 aliphatic rings. The van der Waals surface area contributed by atoms with Crippen molar-refractivity contribution in [2.24, 2.45) is 28.3 Å². The van der Waals surface area contributed by atoms with Gasteiger partial charge in [-0.2, -0.15) is 0 Å². The fourth-order valence-corrected chi connectivity index (χ4v) is 4.04. The predicted octanol–water partition coefficient (Wildman–Crippen LogP) is 1.06. The number of hydrogen-bond donors (Lipinski definition) is 2. The number of methoxy groups -OCH3 is 1. The molecule has 0 bridgehead atoms. The lowest BCUT2D eigenvalue weighted by Gasteiger charge is -2.47. The lowest BCUT2D eigenvalue weighted by molar-refractivity contribution is -0.136. The highest BCUT2D eigenvalue weighted by atomic mass is 19.1. The number of nitrogens with zero attached hydrogens (tertiary/aromatic N) is 3. The third-order valence-corrected chi connectivity index (χ3v) is 5.71. The van der Waals surface area contributed by atoms with E-state index in [0.29, 0.717) is 17.5 Å². The number of nitrogens with two attached hydrogens (primary N) is 2. The van der Waals surface area contributed by atoms with E-state index >= 15 is 0 Å². The van der Waals surface area contributed by atoms with Crippen LogP contribution in [0.2, 0.25) is 0 Å². The average molecular weight is 421 g/mol. The third-order valence-electron chi connectivity index (χ3n) is 5.71. The van der Waals surface area contributed by atoms with Crippen molar-refractivity contribution in [2.75, 3.05) is 44.8 Å². The van der Waals surface area contributed by atoms with E-state index in [1.165, 1.54) is 7.11 Å². The lowest BCUT2D eigenvalue weighted by Crippen LogP contribution is -2.53. The van der Waals surface area contributed by atoms with Crippen molar-refractivity contribution in [1.82, 2.24) is 4.90 Å². The minimum atomic E-state index is -0.959. The first-order valence-corrected chi connectivity index (χ1v) is 9.94. The van der Waals surface area contributed by atoms with Crippen LogP contribution in [0.3, 0.4) is 0 Å². The smallest absolute Gasteiger partial charge is 0.437 e. The molecule has 2 aliphatic heterocycles. The Morgan fingerprint density at radius 2 is 1.90 bits per heavy atom. The molecule has 10 heteroatoms. The summed E-state index contributed by atoms with van der Waals surface area (Å²) in [6.07, 6.45) is 0.952. The topological polar surface area (TPSA) is 123 Å². The second-order valence-electron chi connectivity index (χ2n) is 7.66. The Hall–Kier alpha value is -2.88. The van der Waals surface area contributed by atoms with E-state index in [9.17, 15) is 14.0 Å². The molecule has 1 aromatic rings. The number of carbonyl (C=O) groups is 2. The number of likely N-dealkylation sites (tertiary alicyclic amines) is 1. The lowest BCUT2D eigenvalue weighted by atomic mass is 9.79. The molecule has 9 nitrogen and oxygen atoms in total. The molecule has 2 saturated heterocycles. The van der Waals surface area contributed by atoms with E-state index in [-0.39, 0.29) is 24.7 Å². The van der Waals surface area contributed by atoms with Crippen LogP contribution >= 0.6 is 0 Å². The van der Waals surface area contributed by atoms with Crippen LogP contribution in [0.4, 0.5) is 14.9 Å². The number of hydrogen-bond acceptors (Lipinski definition) is 5. The van der Waals surface area contributed by atoms with Gasteiger partial charge >= 0.3 is 6.09 Å². The van der Waals surface area contributed by atoms with Crippen LogP contribution < -0.4 is 16.4 Å². The van der Waals surface area contributed by atoms with Crippen molar-refractivity contribution >= 4 is 23.6 Å². The van der Waals surface area contributed by atoms with Gasteiger partial charge in [0, 0.05) is 38.9 Å². The molecule has 2 heterocycles. The Morgan fingerprint density at radius 3 is 2.53 bits per heavy atom. The first kappa shape index (κ1) is 21.8. The maximum atomic E-state index is 14.9. The highest BCUT2D eigenvalue weighted by Crippen LogP contribution is 2.36. The van der Waals surface area contributed by atoms with Crippen LogP contribution in [0, 0.1) is 17.7 Å². The summed E-state index contributed by atoms with van der Waals surface area (Å²) < 4.78 is 24.7. The van der Waals surface area contributed by atoms with Crippen molar-refractivity contribution in [3.05, 3.63) is 29.6 Å². The molecule has 0 saturated carbocycles. The molecule has 0 spiro atoms. The summed E-state index contributed by atoms with van der Waals surface area (Å²) in [7, 11) is 1.52. The van der Waals surface area contributed by atoms with Gasteiger partial charge in [0.05, 0.1) is 5.69 Å². The Balaban J connectivity index is 1.50. The highest BCUT2D eigenvalue weighted by molar-refractivity contribution is 5.87. The normalized spacial score (nSPS) is 17.4. The SMILES string of the molecule is COCC(=O)N1CCC(C2CN(c3cccc(COC(=O)N=C(N)N)c3F)C2)CC1. The molecule has 0 unspecified atom stereocenters. The first-order chi connectivity index (χ1) is 14.4. The van der Waals surface area contributed by atoms with Crippen LogP contribution in [0.1, 0.15) is 18.4 Å². The number of guanidine groups is 1. The van der Waals surface area contributed by atoms with Gasteiger partial charge in [0.25, 0.3) is 0 Å². The third kappa shape index (κ3) is 5.18. The van der Waals surface area contributed by atoms with Crippen molar-refractivity contribution in [3.63, 3.8) is 0 Å². The molecule has 30 heavy (non-hydrogen) atoms. The molecule has 0 atom stereocenters. The Labute approximate surface area is 174 Å². The molecule has 2 amide bonds. The number of aliphatic imine (C=N–C) groups is 1. The van der Waals surface area contributed by atoms with Gasteiger partial charge in [0.15, 0.2) is 11.8 Å². The molecule has 164 valence electrons. The van der Waals surface area contributed by atoms with E-state index in [1.807, 2.05) is 9.80 Å². The van der Waals surface area contributed by atoms with E-state index in [4.69, 9.17) is 20.9 Å². The second-order valence-corrected chi connectivity index (χ2v) is 7.66. The maximum Gasteiger partial charge on any atom is 0.437 e. The molecule has 0 radical (unpaired) electrons. The van der Waals surface area contributed by atoms with Gasteiger partial charge in [-0.25, -0.2) is 9.18 Å². The molecule has 1 aromatic carbocycles. The van der Waals surface area contributed by atoms with Crippen LogP contribution in [0.25, 0.3) is 0 Å². The van der Waals surface area contributed by atoms with E-state index in [2.05, 4.69) is 4.99 Å². The van der Waals surface area contributed by atoms with Crippen LogP contribution in [-0.2, 0) is 20.9 Å². The number of piperidine rings is 1. The fourth-order valence-electron chi connectivity index (χ4n) is 4.04. The summed E-state index contributed by atoms with van der Waals surface area (Å²) in [5.74, 6) is 0.223. The largest absolute Gasteiger partial charge is 0.443 e. The van der Waals surface area contributed by atoms with E-state index in [1.54, 1.807) is 18.2 Å². The zero-order valence-corrected chi connectivity index (χ0v) is 17.1. The zero-order valence-electron chi connectivity index (χ0n) is 17.1. The fraction of sp³-hybridized carbons (Fsp3) is 0.550. The molecule has 0 aromatic heterocycles. The molecule has 4 N–H and O–H groups in total. The summed E-state index contributed by atoms with van der Waals surface area (Å²) in [6.45, 7) is 2.90. The number of halogens is 1. The predicted molar refractivity (Wildman–Crippen MR) is 109 cm³/mol. The Morgan fingerprint density at radius 1 is 1.20 bits per heavy atom. The maximum absolute atomic E-state index is 14.9. The van der Waals surface area contributed by atoms with E-state index < -0.39 is 17.9 Å². The highest BCUT2D eigenvalue weighted by Gasteiger charge is 2.37. The van der Waals surface area contributed by atoms with Gasteiger partial charge in [-0.1, -0.05) is 12.1 Å². The minimum Gasteiger partial charge on any atom is -0.443 e. The minimum absolute atomic E-state index is 0.0330. The van der Waals surface area contributed by atoms with Crippen molar-refractivity contribution in [2.45, 2.75) is 19.4 Å². The Bertz CT molecular complexity index is 800. The number of rotatable bonds is 6. The molecular weight excluding hydrogens is 393 g/mol. The quantitative estimate of drug-likeness (QED) is 0.520. The number of anilines is 1. The Kier molecular flexibility index (Phi) is 7.09. The van der Waals surface area contributed by atoms with Gasteiger partial charge in [-0.3, -0.25) is 4.79 Å². The van der Waals surface area contributed by atoms with Crippen LogP contribution in [-0.4, -0.2) is 62.8 Å². The molecule has 0 aliphatic carbocycles. The van der Waals surface area contributed by atoms with Crippen LogP contribution in [0.15, 0.2) is 23.2 Å². The zero-order chi connectivity index (χ0) is 21.7. The van der Waals surface area contributed by atoms with Crippen molar-refractivity contribution < 1.29 is 23.5 Å². The van der Waals surface area contributed by atoms with Crippen molar-refractivity contribution in [1.29, 1.82) is 0 Å². The van der Waals surface area contributed by atoms with Gasteiger partial charge in [0.1, 0.15) is 13.2 Å². The summed E-state index contributed by atoms with van der Waals surface area (Å²) in [5, 5.41) is 0. The van der Waals surface area contributed by atoms with Crippen LogP contribution in [0.5, 0.6) is 0 Å². The molecular formula is C20H28FN5O4. The summed E-state index contributed by atoms with van der Waals surface area (Å²) in [6, 6.07) is 5.01. The molecule has 2 fully saturated rings. The average Bonchev–Trinajstić information content (AvgIpc) is 2.67. The summed E-state index contributed by atoms with van der Waals surface area (Å²) >= 11 is 0. The van der Waals surface area contributed by atoms with Gasteiger partial charge in [-0.05, 0) is 30.7 Å². The molecule has 3 rings (SSSR count). The van der Waals surface area contributed by atoms with Gasteiger partial charge in [-0.15, -0.1) is 4.99 Å². The van der Waals surface area contributed by atoms with Gasteiger partial charge < -0.3 is 30.7 Å². The number of amides is 2. The first-order valence-electron chi connectivity index (χ1n) is 9.94. The number of benzene rings is 1. The second kappa shape index (κ2) is 9.75. The number of carbonyl (C=O) groups excluding carboxylic acids is 2. The van der Waals surface area contributed by atoms with E-state index in [0.717, 1.165) is 39.0 Å². The number of ether oxygens (including phenoxy) is 2. The van der Waals surface area contributed by atoms with Gasteiger partial charge in [0.2, 0.25) is 5.91 Å². The summed E-state index contributed by atoms with van der Waals surface area (Å²) in [5.41, 5.74) is 11.0. The summed E-state index contributed by atoms with van der Waals surface area (Å²) in [4.78, 5) is 30.4. The van der Waals surface area contributed by atoms with Crippen molar-refractivity contribution in [3.8, 4) is 0 Å². The standard InChI is InChI=1S/C20H28FN5O4/c1-29-12-17(27)25-7-5-13(6-8-25)15-9-26(10-15)16-4-2-3-14(18(16)21)11-30-20(28)24-19(22)23/h2-4,13,15H,5-12H2,1H3,(H4,22,23,24,28). The monoisotopic (exact) mass is 421 g/mol.